The number of aliphatic hydroxyl groups is 1. The molecular formula is C19H24N2O. The molecule has 0 unspecified atom stereocenters. The zero-order valence-corrected chi connectivity index (χ0v) is 12.9. The van der Waals surface area contributed by atoms with Crippen LogP contribution in [0.2, 0.25) is 0 Å². The molecule has 3 heteroatoms. The minimum atomic E-state index is 0.231. The quantitative estimate of drug-likeness (QED) is 0.890. The number of hydrogen-bond donors (Lipinski definition) is 2. The molecule has 0 amide bonds. The lowest BCUT2D eigenvalue weighted by atomic mass is 9.98. The summed E-state index contributed by atoms with van der Waals surface area (Å²) in [6.07, 6.45) is 0.796. The van der Waals surface area contributed by atoms with Crippen molar-refractivity contribution < 1.29 is 5.11 Å². The predicted molar refractivity (Wildman–Crippen MR) is 90.8 cm³/mol. The van der Waals surface area contributed by atoms with Crippen molar-refractivity contribution in [2.75, 3.05) is 32.8 Å². The highest BCUT2D eigenvalue weighted by molar-refractivity contribution is 5.63. The van der Waals surface area contributed by atoms with Gasteiger partial charge in [-0.25, -0.2) is 0 Å². The molecule has 1 atom stereocenters. The fourth-order valence-electron chi connectivity index (χ4n) is 3.20. The smallest absolute Gasteiger partial charge is 0.0449 e. The van der Waals surface area contributed by atoms with E-state index in [9.17, 15) is 5.11 Å². The molecule has 0 saturated carbocycles. The van der Waals surface area contributed by atoms with Crippen molar-refractivity contribution in [2.45, 2.75) is 12.5 Å². The van der Waals surface area contributed by atoms with E-state index in [1.807, 2.05) is 6.07 Å². The maximum Gasteiger partial charge on any atom is 0.0449 e. The van der Waals surface area contributed by atoms with Gasteiger partial charge in [0.25, 0.3) is 0 Å². The standard InChI is InChI=1S/C19H24N2O/c22-15-10-19(21-13-11-20-12-14-21)18-8-6-17(7-9-18)16-4-2-1-3-5-16/h1-9,19-20,22H,10-15H2/t19-/m1/s1. The Labute approximate surface area is 132 Å². The monoisotopic (exact) mass is 296 g/mol. The lowest BCUT2D eigenvalue weighted by Crippen LogP contribution is -2.45. The Kier molecular flexibility index (Phi) is 5.22. The van der Waals surface area contributed by atoms with Crippen LogP contribution in [0.5, 0.6) is 0 Å². The van der Waals surface area contributed by atoms with Crippen LogP contribution in [0.4, 0.5) is 0 Å². The molecule has 3 rings (SSSR count). The Bertz CT molecular complexity index is 562. The van der Waals surface area contributed by atoms with E-state index in [2.05, 4.69) is 58.7 Å². The molecule has 116 valence electrons. The largest absolute Gasteiger partial charge is 0.396 e. The molecule has 1 saturated heterocycles. The van der Waals surface area contributed by atoms with Gasteiger partial charge >= 0.3 is 0 Å². The van der Waals surface area contributed by atoms with Gasteiger partial charge in [0.15, 0.2) is 0 Å². The maximum absolute atomic E-state index is 9.42. The third-order valence-corrected chi connectivity index (χ3v) is 4.40. The van der Waals surface area contributed by atoms with E-state index >= 15 is 0 Å². The van der Waals surface area contributed by atoms with Crippen molar-refractivity contribution in [3.05, 3.63) is 60.2 Å². The van der Waals surface area contributed by atoms with Crippen LogP contribution in [0.3, 0.4) is 0 Å². The Morgan fingerprint density at radius 2 is 1.55 bits per heavy atom. The van der Waals surface area contributed by atoms with Gasteiger partial charge in [-0.05, 0) is 23.1 Å². The van der Waals surface area contributed by atoms with E-state index in [0.29, 0.717) is 6.04 Å². The molecule has 1 heterocycles. The second-order valence-electron chi connectivity index (χ2n) is 5.80. The Morgan fingerprint density at radius 1 is 0.909 bits per heavy atom. The zero-order valence-electron chi connectivity index (χ0n) is 12.9. The minimum Gasteiger partial charge on any atom is -0.396 e. The SMILES string of the molecule is OCC[C@H](c1ccc(-c2ccccc2)cc1)N1CCNCC1. The van der Waals surface area contributed by atoms with Crippen molar-refractivity contribution in [2.24, 2.45) is 0 Å². The van der Waals surface area contributed by atoms with Gasteiger partial charge in [0, 0.05) is 38.8 Å². The average Bonchev–Trinajstić information content (AvgIpc) is 2.61. The van der Waals surface area contributed by atoms with E-state index in [-0.39, 0.29) is 6.61 Å². The molecular weight excluding hydrogens is 272 g/mol. The lowest BCUT2D eigenvalue weighted by molar-refractivity contribution is 0.141. The number of aliphatic hydroxyl groups excluding tert-OH is 1. The molecule has 2 aromatic rings. The van der Waals surface area contributed by atoms with Crippen molar-refractivity contribution in [1.82, 2.24) is 10.2 Å². The minimum absolute atomic E-state index is 0.231. The van der Waals surface area contributed by atoms with E-state index in [1.165, 1.54) is 16.7 Å². The van der Waals surface area contributed by atoms with Crippen LogP contribution in [-0.4, -0.2) is 42.8 Å². The first kappa shape index (κ1) is 15.2. The van der Waals surface area contributed by atoms with Gasteiger partial charge in [-0.3, -0.25) is 4.90 Å². The first-order valence-corrected chi connectivity index (χ1v) is 8.09. The zero-order chi connectivity index (χ0) is 15.2. The molecule has 2 N–H and O–H groups in total. The number of nitrogens with one attached hydrogen (secondary N) is 1. The summed E-state index contributed by atoms with van der Waals surface area (Å²) >= 11 is 0. The third kappa shape index (κ3) is 3.55. The topological polar surface area (TPSA) is 35.5 Å². The summed E-state index contributed by atoms with van der Waals surface area (Å²) in [5, 5.41) is 12.8. The molecule has 1 aliphatic rings. The van der Waals surface area contributed by atoms with Gasteiger partial charge in [-0.2, -0.15) is 0 Å². The van der Waals surface area contributed by atoms with Crippen LogP contribution >= 0.6 is 0 Å². The van der Waals surface area contributed by atoms with Gasteiger partial charge in [0.2, 0.25) is 0 Å². The van der Waals surface area contributed by atoms with Gasteiger partial charge in [0.1, 0.15) is 0 Å². The number of piperazine rings is 1. The van der Waals surface area contributed by atoms with Crippen LogP contribution in [0.15, 0.2) is 54.6 Å². The lowest BCUT2D eigenvalue weighted by Gasteiger charge is -2.35. The van der Waals surface area contributed by atoms with Crippen molar-refractivity contribution >= 4 is 0 Å². The van der Waals surface area contributed by atoms with E-state index < -0.39 is 0 Å². The number of rotatable bonds is 5. The average molecular weight is 296 g/mol. The number of hydrogen-bond acceptors (Lipinski definition) is 3. The highest BCUT2D eigenvalue weighted by Gasteiger charge is 2.21. The van der Waals surface area contributed by atoms with E-state index in [4.69, 9.17) is 0 Å². The fraction of sp³-hybridized carbons (Fsp3) is 0.368. The third-order valence-electron chi connectivity index (χ3n) is 4.40. The van der Waals surface area contributed by atoms with Crippen LogP contribution < -0.4 is 5.32 Å². The molecule has 22 heavy (non-hydrogen) atoms. The normalized spacial score (nSPS) is 17.3. The summed E-state index contributed by atoms with van der Waals surface area (Å²) in [7, 11) is 0. The predicted octanol–water partition coefficient (Wildman–Crippen LogP) is 2.68. The van der Waals surface area contributed by atoms with Crippen LogP contribution in [0.1, 0.15) is 18.0 Å². The molecule has 1 fully saturated rings. The fourth-order valence-corrected chi connectivity index (χ4v) is 3.20. The first-order valence-electron chi connectivity index (χ1n) is 8.09. The maximum atomic E-state index is 9.42. The highest BCUT2D eigenvalue weighted by Crippen LogP contribution is 2.27. The van der Waals surface area contributed by atoms with Crippen molar-refractivity contribution in [1.29, 1.82) is 0 Å². The van der Waals surface area contributed by atoms with Crippen LogP contribution in [-0.2, 0) is 0 Å². The van der Waals surface area contributed by atoms with Gasteiger partial charge in [-0.15, -0.1) is 0 Å². The van der Waals surface area contributed by atoms with Crippen LogP contribution in [0, 0.1) is 0 Å². The van der Waals surface area contributed by atoms with Crippen LogP contribution in [0.25, 0.3) is 11.1 Å². The summed E-state index contributed by atoms with van der Waals surface area (Å²) in [6.45, 7) is 4.39. The molecule has 0 aliphatic carbocycles. The summed E-state index contributed by atoms with van der Waals surface area (Å²) in [5.74, 6) is 0. The Balaban J connectivity index is 1.79. The van der Waals surface area contributed by atoms with Gasteiger partial charge in [0.05, 0.1) is 0 Å². The molecule has 0 aromatic heterocycles. The molecule has 3 nitrogen and oxygen atoms in total. The number of benzene rings is 2. The van der Waals surface area contributed by atoms with E-state index in [0.717, 1.165) is 32.6 Å². The molecule has 0 bridgehead atoms. The van der Waals surface area contributed by atoms with Crippen molar-refractivity contribution in [3.8, 4) is 11.1 Å². The molecule has 2 aromatic carbocycles. The van der Waals surface area contributed by atoms with Crippen molar-refractivity contribution in [3.63, 3.8) is 0 Å². The second kappa shape index (κ2) is 7.54. The highest BCUT2D eigenvalue weighted by atomic mass is 16.3. The summed E-state index contributed by atoms with van der Waals surface area (Å²) in [6, 6.07) is 19.6. The molecule has 0 radical (unpaired) electrons. The molecule has 0 spiro atoms. The number of nitrogens with zero attached hydrogens (tertiary/aromatic N) is 1. The Hall–Kier alpha value is -1.68. The van der Waals surface area contributed by atoms with Gasteiger partial charge < -0.3 is 10.4 Å². The second-order valence-corrected chi connectivity index (χ2v) is 5.80. The first-order chi connectivity index (χ1) is 10.9. The summed E-state index contributed by atoms with van der Waals surface area (Å²) in [4.78, 5) is 2.48. The van der Waals surface area contributed by atoms with E-state index in [1.54, 1.807) is 0 Å². The summed E-state index contributed by atoms with van der Waals surface area (Å²) < 4.78 is 0. The Morgan fingerprint density at radius 3 is 2.18 bits per heavy atom. The molecule has 1 aliphatic heterocycles. The summed E-state index contributed by atoms with van der Waals surface area (Å²) in [5.41, 5.74) is 3.79. The van der Waals surface area contributed by atoms with Gasteiger partial charge in [-0.1, -0.05) is 54.6 Å².